The monoisotopic (exact) mass is 373 g/mol. The second-order valence-electron chi connectivity index (χ2n) is 6.74. The molecule has 0 spiro atoms. The van der Waals surface area contributed by atoms with Gasteiger partial charge in [-0.25, -0.2) is 9.78 Å². The molecular weight excluding hydrogens is 350 g/mol. The number of phenolic OH excluding ortho intramolecular Hbond substituents is 2. The summed E-state index contributed by atoms with van der Waals surface area (Å²) in [5.41, 5.74) is 0.812. The van der Waals surface area contributed by atoms with E-state index in [0.29, 0.717) is 30.7 Å². The normalized spacial score (nSPS) is 12.6. The number of rotatable bonds is 6. The molecule has 2 heterocycles. The van der Waals surface area contributed by atoms with Crippen molar-refractivity contribution in [2.75, 3.05) is 6.54 Å². The van der Waals surface area contributed by atoms with Crippen molar-refractivity contribution >= 4 is 11.2 Å². The quantitative estimate of drug-likeness (QED) is 0.563. The van der Waals surface area contributed by atoms with Crippen LogP contribution in [0, 0.1) is 0 Å². The highest BCUT2D eigenvalue weighted by Gasteiger charge is 2.15. The summed E-state index contributed by atoms with van der Waals surface area (Å²) in [5.74, 6) is 0.0637. The minimum absolute atomic E-state index is 0.0318. The van der Waals surface area contributed by atoms with Crippen LogP contribution in [-0.4, -0.2) is 41.5 Å². The average molecular weight is 373 g/mol. The van der Waals surface area contributed by atoms with Crippen molar-refractivity contribution in [2.45, 2.75) is 25.9 Å². The molecule has 0 bridgehead atoms. The topological polar surface area (TPSA) is 114 Å². The summed E-state index contributed by atoms with van der Waals surface area (Å²) >= 11 is 0. The Morgan fingerprint density at radius 3 is 2.44 bits per heavy atom. The number of benzene rings is 1. The summed E-state index contributed by atoms with van der Waals surface area (Å²) in [6.07, 6.45) is 2.20. The van der Waals surface area contributed by atoms with E-state index in [1.807, 2.05) is 6.92 Å². The van der Waals surface area contributed by atoms with Crippen molar-refractivity contribution in [1.82, 2.24) is 24.0 Å². The number of imidazole rings is 1. The Kier molecular flexibility index (Phi) is 5.04. The zero-order valence-corrected chi connectivity index (χ0v) is 15.5. The number of nitrogens with one attached hydrogen (secondary N) is 1. The van der Waals surface area contributed by atoms with Crippen LogP contribution in [0.3, 0.4) is 0 Å². The summed E-state index contributed by atoms with van der Waals surface area (Å²) in [7, 11) is 3.04. The van der Waals surface area contributed by atoms with Crippen LogP contribution in [0.15, 0.2) is 34.1 Å². The zero-order chi connectivity index (χ0) is 19.7. The molecule has 9 heteroatoms. The summed E-state index contributed by atoms with van der Waals surface area (Å²) in [4.78, 5) is 28.6. The molecule has 2 aromatic heterocycles. The lowest BCUT2D eigenvalue weighted by atomic mass is 10.1. The number of fused-ring (bicyclic) bond motifs is 1. The highest BCUT2D eigenvalue weighted by atomic mass is 16.3. The molecule has 144 valence electrons. The number of aromatic hydroxyl groups is 2. The van der Waals surface area contributed by atoms with Gasteiger partial charge in [-0.1, -0.05) is 0 Å². The molecule has 3 aromatic rings. The number of hydrogen-bond acceptors (Lipinski definition) is 6. The Bertz CT molecular complexity index is 1080. The van der Waals surface area contributed by atoms with Crippen LogP contribution in [0.1, 0.15) is 12.5 Å². The maximum absolute atomic E-state index is 12.4. The summed E-state index contributed by atoms with van der Waals surface area (Å²) in [6, 6.07) is 4.55. The maximum Gasteiger partial charge on any atom is 0.332 e. The molecule has 1 atom stereocenters. The molecular formula is C18H23N5O4. The van der Waals surface area contributed by atoms with Gasteiger partial charge < -0.3 is 20.1 Å². The molecule has 3 rings (SSSR count). The number of phenols is 2. The van der Waals surface area contributed by atoms with Crippen molar-refractivity contribution in [3.05, 3.63) is 50.9 Å². The molecule has 1 aromatic carbocycles. The van der Waals surface area contributed by atoms with Crippen LogP contribution >= 0.6 is 0 Å². The van der Waals surface area contributed by atoms with Gasteiger partial charge >= 0.3 is 5.69 Å². The van der Waals surface area contributed by atoms with E-state index >= 15 is 0 Å². The number of hydrogen-bond donors (Lipinski definition) is 3. The van der Waals surface area contributed by atoms with E-state index in [9.17, 15) is 19.8 Å². The lowest BCUT2D eigenvalue weighted by Gasteiger charge is -2.15. The average Bonchev–Trinajstić information content (AvgIpc) is 3.01. The first-order chi connectivity index (χ1) is 12.8. The fourth-order valence-corrected chi connectivity index (χ4v) is 3.16. The molecule has 3 N–H and O–H groups in total. The molecule has 0 aliphatic rings. The number of aryl methyl sites for hydroxylation is 1. The minimum atomic E-state index is -0.404. The van der Waals surface area contributed by atoms with E-state index in [-0.39, 0.29) is 23.1 Å². The number of aromatic nitrogens is 4. The van der Waals surface area contributed by atoms with Crippen LogP contribution in [0.4, 0.5) is 0 Å². The minimum Gasteiger partial charge on any atom is -0.508 e. The second kappa shape index (κ2) is 7.28. The second-order valence-corrected chi connectivity index (χ2v) is 6.74. The Balaban J connectivity index is 1.70. The molecule has 0 amide bonds. The van der Waals surface area contributed by atoms with Crippen molar-refractivity contribution in [3.63, 3.8) is 0 Å². The van der Waals surface area contributed by atoms with Gasteiger partial charge in [0, 0.05) is 32.7 Å². The lowest BCUT2D eigenvalue weighted by Crippen LogP contribution is -2.38. The van der Waals surface area contributed by atoms with Gasteiger partial charge in [0.05, 0.1) is 6.33 Å². The predicted molar refractivity (Wildman–Crippen MR) is 101 cm³/mol. The van der Waals surface area contributed by atoms with E-state index < -0.39 is 5.69 Å². The van der Waals surface area contributed by atoms with Gasteiger partial charge in [0.15, 0.2) is 11.2 Å². The van der Waals surface area contributed by atoms with Crippen LogP contribution in [0.2, 0.25) is 0 Å². The Labute approximate surface area is 155 Å². The van der Waals surface area contributed by atoms with E-state index in [4.69, 9.17) is 0 Å². The molecule has 0 aliphatic heterocycles. The van der Waals surface area contributed by atoms with Crippen molar-refractivity contribution in [3.8, 4) is 11.5 Å². The van der Waals surface area contributed by atoms with Crippen molar-refractivity contribution in [2.24, 2.45) is 14.1 Å². The lowest BCUT2D eigenvalue weighted by molar-refractivity contribution is 0.448. The fourth-order valence-electron chi connectivity index (χ4n) is 3.16. The summed E-state index contributed by atoms with van der Waals surface area (Å²) in [5, 5.41) is 22.4. The third kappa shape index (κ3) is 3.72. The highest BCUT2D eigenvalue weighted by molar-refractivity contribution is 5.69. The molecule has 9 nitrogen and oxygen atoms in total. The van der Waals surface area contributed by atoms with Gasteiger partial charge in [-0.3, -0.25) is 13.9 Å². The Hall–Kier alpha value is -3.07. The predicted octanol–water partition coefficient (Wildman–Crippen LogP) is 0.0657. The standard InChI is InChI=1S/C18H23N5O4/c1-11(19-5-4-12-6-13(24)8-14(25)7-12)9-23-10-20-16-15(23)17(26)22(3)18(27)21(16)2/h6-8,10-11,19,24-25H,4-5,9H2,1-3H3. The van der Waals surface area contributed by atoms with E-state index in [1.165, 1.54) is 17.7 Å². The molecule has 0 aliphatic carbocycles. The highest BCUT2D eigenvalue weighted by Crippen LogP contribution is 2.20. The number of nitrogens with zero attached hydrogens (tertiary/aromatic N) is 4. The van der Waals surface area contributed by atoms with Gasteiger partial charge in [-0.05, 0) is 37.6 Å². The van der Waals surface area contributed by atoms with Crippen molar-refractivity contribution in [1.29, 1.82) is 0 Å². The van der Waals surface area contributed by atoms with Crippen molar-refractivity contribution < 1.29 is 10.2 Å². The SMILES string of the molecule is CC(Cn1cnc2c1c(=O)n(C)c(=O)n2C)NCCc1cc(O)cc(O)c1. The van der Waals surface area contributed by atoms with Gasteiger partial charge in [-0.15, -0.1) is 0 Å². The molecule has 0 fully saturated rings. The molecule has 1 unspecified atom stereocenters. The fraction of sp³-hybridized carbons (Fsp3) is 0.389. The smallest absolute Gasteiger partial charge is 0.332 e. The first-order valence-corrected chi connectivity index (χ1v) is 8.64. The van der Waals surface area contributed by atoms with Crippen LogP contribution in [-0.2, 0) is 27.1 Å². The third-order valence-electron chi connectivity index (χ3n) is 4.56. The van der Waals surface area contributed by atoms with Crippen LogP contribution < -0.4 is 16.6 Å². The van der Waals surface area contributed by atoms with Crippen LogP contribution in [0.5, 0.6) is 11.5 Å². The first-order valence-electron chi connectivity index (χ1n) is 8.64. The van der Waals surface area contributed by atoms with Gasteiger partial charge in [0.1, 0.15) is 11.5 Å². The molecule has 0 radical (unpaired) electrons. The Morgan fingerprint density at radius 2 is 1.78 bits per heavy atom. The third-order valence-corrected chi connectivity index (χ3v) is 4.56. The summed E-state index contributed by atoms with van der Waals surface area (Å²) < 4.78 is 4.18. The maximum atomic E-state index is 12.4. The molecule has 0 saturated carbocycles. The molecule has 27 heavy (non-hydrogen) atoms. The Morgan fingerprint density at radius 1 is 1.11 bits per heavy atom. The zero-order valence-electron chi connectivity index (χ0n) is 15.5. The van der Waals surface area contributed by atoms with Crippen LogP contribution in [0.25, 0.3) is 11.2 Å². The van der Waals surface area contributed by atoms with Gasteiger partial charge in [0.25, 0.3) is 5.56 Å². The van der Waals surface area contributed by atoms with Gasteiger partial charge in [-0.2, -0.15) is 0 Å². The molecule has 0 saturated heterocycles. The largest absolute Gasteiger partial charge is 0.508 e. The summed E-state index contributed by atoms with van der Waals surface area (Å²) in [6.45, 7) is 3.13. The van der Waals surface area contributed by atoms with E-state index in [1.54, 1.807) is 30.1 Å². The van der Waals surface area contributed by atoms with E-state index in [0.717, 1.165) is 10.1 Å². The van der Waals surface area contributed by atoms with Gasteiger partial charge in [0.2, 0.25) is 0 Å². The van der Waals surface area contributed by atoms with E-state index in [2.05, 4.69) is 10.3 Å². The first kappa shape index (κ1) is 18.7.